The number of aromatic nitrogens is 2. The van der Waals surface area contributed by atoms with Gasteiger partial charge in [-0.1, -0.05) is 42.0 Å². The van der Waals surface area contributed by atoms with Gasteiger partial charge in [-0.15, -0.1) is 10.2 Å². The van der Waals surface area contributed by atoms with Gasteiger partial charge in [-0.25, -0.2) is 4.98 Å². The highest BCUT2D eigenvalue weighted by atomic mass is 15.2. The van der Waals surface area contributed by atoms with Gasteiger partial charge in [0.1, 0.15) is 11.3 Å². The minimum Gasteiger partial charge on any atom is -0.283 e. The highest BCUT2D eigenvalue weighted by Gasteiger charge is 2.13. The molecule has 0 aliphatic carbocycles. The van der Waals surface area contributed by atoms with E-state index in [1.54, 1.807) is 0 Å². The van der Waals surface area contributed by atoms with Gasteiger partial charge in [0.05, 0.1) is 5.69 Å². The number of aryl methyl sites for hydroxylation is 3. The van der Waals surface area contributed by atoms with E-state index in [-0.39, 0.29) is 0 Å². The van der Waals surface area contributed by atoms with Crippen LogP contribution in [0.4, 0.5) is 11.5 Å². The van der Waals surface area contributed by atoms with Crippen LogP contribution in [0.2, 0.25) is 0 Å². The minimum atomic E-state index is 0.739. The standard InChI is InChI=1S/C22H20N4/c1-15-7-10-18(11-8-15)21-22(26-13-5-4-6-20(26)23-21)25-24-19-12-9-16(2)17(3)14-19/h4-14H,1-3H3. The van der Waals surface area contributed by atoms with Crippen molar-refractivity contribution in [3.8, 4) is 11.3 Å². The Hall–Kier alpha value is -3.27. The van der Waals surface area contributed by atoms with Crippen LogP contribution in [-0.2, 0) is 0 Å². The van der Waals surface area contributed by atoms with Crippen LogP contribution in [0.1, 0.15) is 16.7 Å². The number of pyridine rings is 1. The van der Waals surface area contributed by atoms with Crippen molar-refractivity contribution in [2.24, 2.45) is 10.2 Å². The van der Waals surface area contributed by atoms with Crippen LogP contribution < -0.4 is 0 Å². The van der Waals surface area contributed by atoms with Gasteiger partial charge in [0.2, 0.25) is 0 Å². The predicted octanol–water partition coefficient (Wildman–Crippen LogP) is 6.34. The van der Waals surface area contributed by atoms with E-state index in [1.165, 1.54) is 16.7 Å². The van der Waals surface area contributed by atoms with Gasteiger partial charge >= 0.3 is 0 Å². The molecule has 0 atom stereocenters. The number of hydrogen-bond acceptors (Lipinski definition) is 3. The van der Waals surface area contributed by atoms with Crippen molar-refractivity contribution in [1.29, 1.82) is 0 Å². The summed E-state index contributed by atoms with van der Waals surface area (Å²) in [6.07, 6.45) is 1.97. The number of rotatable bonds is 3. The Balaban J connectivity index is 1.84. The molecular formula is C22H20N4. The third kappa shape index (κ3) is 3.02. The van der Waals surface area contributed by atoms with E-state index >= 15 is 0 Å². The second-order valence-electron chi connectivity index (χ2n) is 6.55. The quantitative estimate of drug-likeness (QED) is 0.401. The van der Waals surface area contributed by atoms with Crippen LogP contribution in [0.3, 0.4) is 0 Å². The summed E-state index contributed by atoms with van der Waals surface area (Å²) in [6.45, 7) is 6.25. The second-order valence-corrected chi connectivity index (χ2v) is 6.55. The third-order valence-electron chi connectivity index (χ3n) is 4.58. The highest BCUT2D eigenvalue weighted by Crippen LogP contribution is 2.32. The Morgan fingerprint density at radius 2 is 1.62 bits per heavy atom. The molecule has 0 unspecified atom stereocenters. The number of hydrogen-bond donors (Lipinski definition) is 0. The smallest absolute Gasteiger partial charge is 0.187 e. The maximum atomic E-state index is 4.77. The first-order chi connectivity index (χ1) is 12.6. The summed E-state index contributed by atoms with van der Waals surface area (Å²) in [4.78, 5) is 4.77. The molecule has 4 rings (SSSR count). The fourth-order valence-electron chi connectivity index (χ4n) is 2.88. The van der Waals surface area contributed by atoms with Crippen molar-refractivity contribution in [2.45, 2.75) is 20.8 Å². The van der Waals surface area contributed by atoms with Gasteiger partial charge in [0.15, 0.2) is 5.82 Å². The van der Waals surface area contributed by atoms with Crippen LogP contribution in [0.15, 0.2) is 77.1 Å². The van der Waals surface area contributed by atoms with Gasteiger partial charge in [-0.05, 0) is 56.2 Å². The van der Waals surface area contributed by atoms with Gasteiger partial charge in [0, 0.05) is 11.8 Å². The summed E-state index contributed by atoms with van der Waals surface area (Å²) in [7, 11) is 0. The first-order valence-electron chi connectivity index (χ1n) is 8.65. The molecule has 2 aromatic heterocycles. The summed E-state index contributed by atoms with van der Waals surface area (Å²) < 4.78 is 1.97. The van der Waals surface area contributed by atoms with E-state index in [2.05, 4.69) is 61.3 Å². The third-order valence-corrected chi connectivity index (χ3v) is 4.58. The van der Waals surface area contributed by atoms with Crippen LogP contribution in [-0.4, -0.2) is 9.38 Å². The molecule has 4 nitrogen and oxygen atoms in total. The summed E-state index contributed by atoms with van der Waals surface area (Å²) in [5, 5.41) is 9.03. The average Bonchev–Trinajstić information content (AvgIpc) is 3.02. The molecular weight excluding hydrogens is 320 g/mol. The van der Waals surface area contributed by atoms with Crippen LogP contribution >= 0.6 is 0 Å². The summed E-state index contributed by atoms with van der Waals surface area (Å²) in [5.41, 5.74) is 7.25. The molecule has 0 spiro atoms. The fourth-order valence-corrected chi connectivity index (χ4v) is 2.88. The zero-order chi connectivity index (χ0) is 18.1. The first-order valence-corrected chi connectivity index (χ1v) is 8.65. The molecule has 0 aliphatic rings. The predicted molar refractivity (Wildman–Crippen MR) is 105 cm³/mol. The summed E-state index contributed by atoms with van der Waals surface area (Å²) in [6, 6.07) is 20.4. The molecule has 0 radical (unpaired) electrons. The van der Waals surface area contributed by atoms with E-state index in [4.69, 9.17) is 4.98 Å². The Morgan fingerprint density at radius 3 is 2.38 bits per heavy atom. The number of nitrogens with zero attached hydrogens (tertiary/aromatic N) is 4. The average molecular weight is 340 g/mol. The number of benzene rings is 2. The van der Waals surface area contributed by atoms with Crippen LogP contribution in [0, 0.1) is 20.8 Å². The van der Waals surface area contributed by atoms with Crippen molar-refractivity contribution in [1.82, 2.24) is 9.38 Å². The normalized spacial score (nSPS) is 11.5. The van der Waals surface area contributed by atoms with Gasteiger partial charge in [-0.3, -0.25) is 4.40 Å². The lowest BCUT2D eigenvalue weighted by Gasteiger charge is -2.02. The van der Waals surface area contributed by atoms with Gasteiger partial charge < -0.3 is 0 Å². The Bertz CT molecular complexity index is 1100. The molecule has 2 heterocycles. The molecule has 0 amide bonds. The molecule has 26 heavy (non-hydrogen) atoms. The number of fused-ring (bicyclic) bond motifs is 1. The molecule has 2 aromatic carbocycles. The van der Waals surface area contributed by atoms with Gasteiger partial charge in [-0.2, -0.15) is 0 Å². The number of imidazole rings is 1. The lowest BCUT2D eigenvalue weighted by molar-refractivity contribution is 1.10. The lowest BCUT2D eigenvalue weighted by atomic mass is 10.1. The molecule has 0 bridgehead atoms. The van der Waals surface area contributed by atoms with Crippen LogP contribution in [0.25, 0.3) is 16.9 Å². The van der Waals surface area contributed by atoms with Gasteiger partial charge in [0.25, 0.3) is 0 Å². The molecule has 128 valence electrons. The monoisotopic (exact) mass is 340 g/mol. The Morgan fingerprint density at radius 1 is 0.808 bits per heavy atom. The molecule has 0 fully saturated rings. The Kier molecular flexibility index (Phi) is 4.09. The molecule has 0 aliphatic heterocycles. The molecule has 4 heteroatoms. The molecule has 0 saturated heterocycles. The van der Waals surface area contributed by atoms with E-state index in [9.17, 15) is 0 Å². The van der Waals surface area contributed by atoms with Crippen molar-refractivity contribution in [2.75, 3.05) is 0 Å². The summed E-state index contributed by atoms with van der Waals surface area (Å²) >= 11 is 0. The van der Waals surface area contributed by atoms with E-state index < -0.39 is 0 Å². The van der Waals surface area contributed by atoms with Crippen molar-refractivity contribution in [3.63, 3.8) is 0 Å². The Labute approximate surface area is 152 Å². The van der Waals surface area contributed by atoms with E-state index in [0.29, 0.717) is 0 Å². The highest BCUT2D eigenvalue weighted by molar-refractivity contribution is 5.74. The largest absolute Gasteiger partial charge is 0.283 e. The maximum Gasteiger partial charge on any atom is 0.187 e. The SMILES string of the molecule is Cc1ccc(-c2nc3ccccn3c2N=Nc2ccc(C)c(C)c2)cc1. The van der Waals surface area contributed by atoms with E-state index in [0.717, 1.165) is 28.4 Å². The topological polar surface area (TPSA) is 42.0 Å². The van der Waals surface area contributed by atoms with Crippen molar-refractivity contribution < 1.29 is 0 Å². The maximum absolute atomic E-state index is 4.77. The zero-order valence-electron chi connectivity index (χ0n) is 15.1. The summed E-state index contributed by atoms with van der Waals surface area (Å²) in [5.74, 6) is 0.739. The molecule has 0 N–H and O–H groups in total. The van der Waals surface area contributed by atoms with Crippen molar-refractivity contribution in [3.05, 3.63) is 83.6 Å². The second kappa shape index (κ2) is 6.56. The first kappa shape index (κ1) is 16.2. The lowest BCUT2D eigenvalue weighted by Crippen LogP contribution is -1.82. The van der Waals surface area contributed by atoms with E-state index in [1.807, 2.05) is 40.9 Å². The van der Waals surface area contributed by atoms with Crippen molar-refractivity contribution >= 4 is 17.2 Å². The molecule has 4 aromatic rings. The molecule has 0 saturated carbocycles. The van der Waals surface area contributed by atoms with Crippen LogP contribution in [0.5, 0.6) is 0 Å². The minimum absolute atomic E-state index is 0.739. The number of azo groups is 1. The zero-order valence-corrected chi connectivity index (χ0v) is 15.1. The fraction of sp³-hybridized carbons (Fsp3) is 0.136.